The third kappa shape index (κ3) is 4.69. The maximum Gasteiger partial charge on any atom is 0.232 e. The summed E-state index contributed by atoms with van der Waals surface area (Å²) in [5, 5.41) is 12.6. The van der Waals surface area contributed by atoms with E-state index >= 15 is 0 Å². The summed E-state index contributed by atoms with van der Waals surface area (Å²) in [5.74, 6) is 2.45. The summed E-state index contributed by atoms with van der Waals surface area (Å²) in [4.78, 5) is 15.6. The smallest absolute Gasteiger partial charge is 0.232 e. The van der Waals surface area contributed by atoms with E-state index in [1.807, 2.05) is 35.6 Å². The molecule has 0 N–H and O–H groups in total. The van der Waals surface area contributed by atoms with Crippen molar-refractivity contribution in [3.8, 4) is 10.6 Å². The quantitative estimate of drug-likeness (QED) is 0.530. The van der Waals surface area contributed by atoms with Gasteiger partial charge in [0.1, 0.15) is 4.88 Å². The van der Waals surface area contributed by atoms with E-state index in [0.717, 1.165) is 53.6 Å². The van der Waals surface area contributed by atoms with Crippen molar-refractivity contribution < 1.29 is 9.32 Å². The molecule has 1 amide bonds. The number of nitrogens with zero attached hydrogens (tertiary/aromatic N) is 6. The SMILES string of the molecule is Cc1cc(-c2snnc2C2CCCN(C(=O)CSCCn3nccc3C)C2)on1. The van der Waals surface area contributed by atoms with Crippen LogP contribution in [0.25, 0.3) is 10.6 Å². The molecule has 4 rings (SSSR count). The molecule has 0 spiro atoms. The number of amides is 1. The van der Waals surface area contributed by atoms with Crippen LogP contribution in [0.3, 0.4) is 0 Å². The van der Waals surface area contributed by atoms with Crippen LogP contribution in [-0.2, 0) is 11.3 Å². The lowest BCUT2D eigenvalue weighted by Gasteiger charge is -2.32. The molecule has 1 aliphatic rings. The number of hydrogen-bond acceptors (Lipinski definition) is 8. The number of thioether (sulfide) groups is 1. The van der Waals surface area contributed by atoms with Gasteiger partial charge in [-0.3, -0.25) is 9.48 Å². The maximum absolute atomic E-state index is 12.7. The van der Waals surface area contributed by atoms with Crippen LogP contribution >= 0.6 is 23.3 Å². The Kier molecular flexibility index (Phi) is 6.29. The molecule has 1 fully saturated rings. The Morgan fingerprint density at radius 2 is 2.31 bits per heavy atom. The third-order valence-electron chi connectivity index (χ3n) is 5.13. The molecular formula is C19H24N6O2S2. The minimum absolute atomic E-state index is 0.184. The number of hydrogen-bond donors (Lipinski definition) is 0. The van der Waals surface area contributed by atoms with Crippen LogP contribution in [0, 0.1) is 13.8 Å². The van der Waals surface area contributed by atoms with E-state index in [2.05, 4.69) is 19.8 Å². The summed E-state index contributed by atoms with van der Waals surface area (Å²) in [5.41, 5.74) is 2.90. The third-order valence-corrected chi connectivity index (χ3v) is 6.81. The van der Waals surface area contributed by atoms with E-state index in [9.17, 15) is 4.79 Å². The highest BCUT2D eigenvalue weighted by atomic mass is 32.2. The zero-order valence-corrected chi connectivity index (χ0v) is 18.2. The van der Waals surface area contributed by atoms with Gasteiger partial charge in [0, 0.05) is 42.7 Å². The van der Waals surface area contributed by atoms with Crippen LogP contribution < -0.4 is 0 Å². The number of piperidine rings is 1. The van der Waals surface area contributed by atoms with Crippen molar-refractivity contribution in [1.82, 2.24) is 29.4 Å². The molecule has 154 valence electrons. The normalized spacial score (nSPS) is 17.0. The fraction of sp³-hybridized carbons (Fsp3) is 0.526. The van der Waals surface area contributed by atoms with Crippen LogP contribution in [0.15, 0.2) is 22.9 Å². The second-order valence-electron chi connectivity index (χ2n) is 7.25. The molecule has 8 nitrogen and oxygen atoms in total. The number of aromatic nitrogens is 5. The van der Waals surface area contributed by atoms with Crippen LogP contribution in [0.1, 0.15) is 35.8 Å². The fourth-order valence-corrected chi connectivity index (χ4v) is 5.07. The minimum Gasteiger partial charge on any atom is -0.355 e. The summed E-state index contributed by atoms with van der Waals surface area (Å²) in [6, 6.07) is 3.90. The summed E-state index contributed by atoms with van der Waals surface area (Å²) in [6.45, 7) is 6.25. The fourth-order valence-electron chi connectivity index (χ4n) is 3.57. The molecule has 0 aromatic carbocycles. The molecule has 10 heteroatoms. The highest BCUT2D eigenvalue weighted by Crippen LogP contribution is 2.35. The molecule has 1 unspecified atom stereocenters. The number of carbonyl (C=O) groups is 1. The second kappa shape index (κ2) is 9.08. The minimum atomic E-state index is 0.184. The van der Waals surface area contributed by atoms with E-state index in [1.54, 1.807) is 18.0 Å². The predicted molar refractivity (Wildman–Crippen MR) is 113 cm³/mol. The summed E-state index contributed by atoms with van der Waals surface area (Å²) in [6.07, 6.45) is 3.78. The Morgan fingerprint density at radius 1 is 1.41 bits per heavy atom. The van der Waals surface area contributed by atoms with Gasteiger partial charge < -0.3 is 9.42 Å². The first kappa shape index (κ1) is 20.1. The topological polar surface area (TPSA) is 89.9 Å². The van der Waals surface area contributed by atoms with Crippen LogP contribution in [0.2, 0.25) is 0 Å². The van der Waals surface area contributed by atoms with Crippen LogP contribution in [0.4, 0.5) is 0 Å². The van der Waals surface area contributed by atoms with E-state index < -0.39 is 0 Å². The molecule has 29 heavy (non-hydrogen) atoms. The molecule has 1 saturated heterocycles. The van der Waals surface area contributed by atoms with E-state index in [1.165, 1.54) is 11.5 Å². The van der Waals surface area contributed by atoms with Gasteiger partial charge in [-0.2, -0.15) is 16.9 Å². The standard InChI is InChI=1S/C19H24N6O2S2/c1-13-10-16(27-22-13)19-18(21-23-29-19)15-4-3-7-24(11-15)17(26)12-28-9-8-25-14(2)5-6-20-25/h5-6,10,15H,3-4,7-9,11-12H2,1-2H3. The molecule has 1 aliphatic heterocycles. The zero-order valence-electron chi connectivity index (χ0n) is 16.6. The summed E-state index contributed by atoms with van der Waals surface area (Å²) < 4.78 is 11.5. The Bertz CT molecular complexity index is 965. The van der Waals surface area contributed by atoms with Gasteiger partial charge in [-0.1, -0.05) is 9.64 Å². The average molecular weight is 433 g/mol. The van der Waals surface area contributed by atoms with Crippen LogP contribution in [-0.4, -0.2) is 59.9 Å². The first-order chi connectivity index (χ1) is 14.1. The van der Waals surface area contributed by atoms with Gasteiger partial charge in [-0.05, 0) is 44.3 Å². The van der Waals surface area contributed by atoms with E-state index in [0.29, 0.717) is 18.1 Å². The Morgan fingerprint density at radius 3 is 3.07 bits per heavy atom. The van der Waals surface area contributed by atoms with Gasteiger partial charge in [0.2, 0.25) is 5.91 Å². The molecule has 4 heterocycles. The van der Waals surface area contributed by atoms with Gasteiger partial charge >= 0.3 is 0 Å². The van der Waals surface area contributed by atoms with Gasteiger partial charge in [-0.25, -0.2) is 0 Å². The lowest BCUT2D eigenvalue weighted by molar-refractivity contribution is -0.129. The summed E-state index contributed by atoms with van der Waals surface area (Å²) in [7, 11) is 0. The number of rotatable bonds is 7. The van der Waals surface area contributed by atoms with Crippen molar-refractivity contribution in [2.24, 2.45) is 0 Å². The molecule has 0 bridgehead atoms. The molecular weight excluding hydrogens is 408 g/mol. The van der Waals surface area contributed by atoms with Crippen LogP contribution in [0.5, 0.6) is 0 Å². The molecule has 0 saturated carbocycles. The number of likely N-dealkylation sites (tertiary alicyclic amines) is 1. The highest BCUT2D eigenvalue weighted by molar-refractivity contribution is 7.99. The van der Waals surface area contributed by atoms with Gasteiger partial charge in [-0.15, -0.1) is 5.10 Å². The van der Waals surface area contributed by atoms with Crippen molar-refractivity contribution >= 4 is 29.2 Å². The molecule has 3 aromatic heterocycles. The summed E-state index contributed by atoms with van der Waals surface area (Å²) >= 11 is 2.99. The maximum atomic E-state index is 12.7. The first-order valence-corrected chi connectivity index (χ1v) is 11.6. The Hall–Kier alpha value is -2.20. The van der Waals surface area contributed by atoms with Crippen molar-refractivity contribution in [3.05, 3.63) is 35.4 Å². The molecule has 0 aliphatic carbocycles. The second-order valence-corrected chi connectivity index (χ2v) is 9.11. The molecule has 0 radical (unpaired) electrons. The number of carbonyl (C=O) groups excluding carboxylic acids is 1. The molecule has 1 atom stereocenters. The van der Waals surface area contributed by atoms with E-state index in [-0.39, 0.29) is 11.8 Å². The largest absolute Gasteiger partial charge is 0.355 e. The zero-order chi connectivity index (χ0) is 20.2. The number of aryl methyl sites for hydroxylation is 3. The lowest BCUT2D eigenvalue weighted by Crippen LogP contribution is -2.40. The van der Waals surface area contributed by atoms with Gasteiger partial charge in [0.15, 0.2) is 5.76 Å². The monoisotopic (exact) mass is 432 g/mol. The Balaban J connectivity index is 1.32. The first-order valence-electron chi connectivity index (χ1n) is 9.71. The van der Waals surface area contributed by atoms with Crippen molar-refractivity contribution in [1.29, 1.82) is 0 Å². The average Bonchev–Trinajstić information content (AvgIpc) is 3.46. The van der Waals surface area contributed by atoms with Gasteiger partial charge in [0.05, 0.1) is 23.7 Å². The van der Waals surface area contributed by atoms with E-state index in [4.69, 9.17) is 4.52 Å². The lowest BCUT2D eigenvalue weighted by atomic mass is 9.93. The van der Waals surface area contributed by atoms with Crippen molar-refractivity contribution in [2.45, 2.75) is 39.2 Å². The highest BCUT2D eigenvalue weighted by Gasteiger charge is 2.29. The Labute approximate surface area is 177 Å². The van der Waals surface area contributed by atoms with Crippen molar-refractivity contribution in [3.63, 3.8) is 0 Å². The predicted octanol–water partition coefficient (Wildman–Crippen LogP) is 3.15. The molecule has 3 aromatic rings. The van der Waals surface area contributed by atoms with Crippen molar-refractivity contribution in [2.75, 3.05) is 24.6 Å². The van der Waals surface area contributed by atoms with Gasteiger partial charge in [0.25, 0.3) is 0 Å².